The summed E-state index contributed by atoms with van der Waals surface area (Å²) >= 11 is 0. The van der Waals surface area contributed by atoms with E-state index in [0.717, 1.165) is 6.08 Å². The van der Waals surface area contributed by atoms with E-state index in [0.29, 0.717) is 5.56 Å². The number of carboxylic acids is 1. The Hall–Kier alpha value is -1.17. The van der Waals surface area contributed by atoms with Crippen LogP contribution < -0.4 is 44.1 Å². The van der Waals surface area contributed by atoms with Crippen LogP contribution in [0.1, 0.15) is 5.56 Å². The average molecular weight is 246 g/mol. The molecule has 1 rings (SSSR count). The maximum Gasteiger partial charge on any atom is 1.00 e. The SMILES string of the molecule is COc1cc(/C=C/C(=O)[O-])cc(OC)c1O.[Na+]. The van der Waals surface area contributed by atoms with Gasteiger partial charge in [0.05, 0.1) is 20.2 Å². The van der Waals surface area contributed by atoms with Crippen molar-refractivity contribution < 1.29 is 54.0 Å². The second kappa shape index (κ2) is 7.21. The zero-order valence-electron chi connectivity index (χ0n) is 9.89. The summed E-state index contributed by atoms with van der Waals surface area (Å²) in [6, 6.07) is 2.97. The molecule has 0 spiro atoms. The molecular formula is C11H11NaO5. The van der Waals surface area contributed by atoms with Crippen molar-refractivity contribution in [3.05, 3.63) is 23.8 Å². The minimum atomic E-state index is -1.30. The number of rotatable bonds is 4. The van der Waals surface area contributed by atoms with Crippen LogP contribution >= 0.6 is 0 Å². The van der Waals surface area contributed by atoms with Crippen LogP contribution in [0.15, 0.2) is 18.2 Å². The first-order valence-electron chi connectivity index (χ1n) is 4.42. The summed E-state index contributed by atoms with van der Waals surface area (Å²) in [5.74, 6) is -1.02. The number of ether oxygens (including phenoxy) is 2. The van der Waals surface area contributed by atoms with Crippen molar-refractivity contribution in [3.63, 3.8) is 0 Å². The van der Waals surface area contributed by atoms with Crippen molar-refractivity contribution in [2.24, 2.45) is 0 Å². The summed E-state index contributed by atoms with van der Waals surface area (Å²) in [4.78, 5) is 10.2. The Morgan fingerprint density at radius 3 is 2.12 bits per heavy atom. The number of phenolic OH excluding ortho intramolecular Hbond substituents is 1. The first kappa shape index (κ1) is 15.8. The van der Waals surface area contributed by atoms with Gasteiger partial charge >= 0.3 is 29.6 Å². The molecule has 0 atom stereocenters. The van der Waals surface area contributed by atoms with Gasteiger partial charge in [-0.1, -0.05) is 6.08 Å². The third-order valence-corrected chi connectivity index (χ3v) is 1.91. The topological polar surface area (TPSA) is 78.8 Å². The van der Waals surface area contributed by atoms with Crippen molar-refractivity contribution in [2.45, 2.75) is 0 Å². The molecule has 1 N–H and O–H groups in total. The first-order valence-corrected chi connectivity index (χ1v) is 4.42. The van der Waals surface area contributed by atoms with Gasteiger partial charge in [-0.2, -0.15) is 0 Å². The van der Waals surface area contributed by atoms with Crippen LogP contribution in [0.3, 0.4) is 0 Å². The van der Waals surface area contributed by atoms with Crippen LogP contribution in [0.25, 0.3) is 6.08 Å². The molecule has 0 fully saturated rings. The number of carboxylic acid groups (broad SMARTS) is 1. The van der Waals surface area contributed by atoms with E-state index in [2.05, 4.69) is 0 Å². The normalized spacial score (nSPS) is 9.76. The summed E-state index contributed by atoms with van der Waals surface area (Å²) in [5, 5.41) is 19.8. The number of phenols is 1. The Morgan fingerprint density at radius 2 is 1.76 bits per heavy atom. The standard InChI is InChI=1S/C11H12O5.Na/c1-15-8-5-7(3-4-10(12)13)6-9(16-2)11(8)14;/h3-6,14H,1-2H3,(H,12,13);/q;+1/p-1/b4-3+;. The van der Waals surface area contributed by atoms with Crippen molar-refractivity contribution in [1.82, 2.24) is 0 Å². The summed E-state index contributed by atoms with van der Waals surface area (Å²) in [6.45, 7) is 0. The third-order valence-electron chi connectivity index (χ3n) is 1.91. The zero-order valence-corrected chi connectivity index (χ0v) is 11.9. The molecule has 0 radical (unpaired) electrons. The molecule has 0 unspecified atom stereocenters. The molecule has 0 bridgehead atoms. The van der Waals surface area contributed by atoms with Gasteiger partial charge in [-0.25, -0.2) is 0 Å². The Morgan fingerprint density at radius 1 is 1.29 bits per heavy atom. The Kier molecular flexibility index (Phi) is 6.72. The maximum absolute atomic E-state index is 10.2. The molecule has 0 amide bonds. The summed E-state index contributed by atoms with van der Waals surface area (Å²) in [7, 11) is 2.78. The van der Waals surface area contributed by atoms with E-state index in [4.69, 9.17) is 9.47 Å². The van der Waals surface area contributed by atoms with Gasteiger partial charge in [0.15, 0.2) is 11.5 Å². The summed E-state index contributed by atoms with van der Waals surface area (Å²) < 4.78 is 9.82. The fourth-order valence-electron chi connectivity index (χ4n) is 1.17. The predicted octanol–water partition coefficient (Wildman–Crippen LogP) is -2.82. The number of methoxy groups -OCH3 is 2. The van der Waals surface area contributed by atoms with Crippen LogP contribution in [0.2, 0.25) is 0 Å². The van der Waals surface area contributed by atoms with Crippen LogP contribution in [-0.4, -0.2) is 25.3 Å². The number of aromatic hydroxyl groups is 1. The van der Waals surface area contributed by atoms with E-state index in [1.54, 1.807) is 0 Å². The molecule has 0 saturated carbocycles. The average Bonchev–Trinajstić information content (AvgIpc) is 2.27. The molecule has 0 aliphatic heterocycles. The van der Waals surface area contributed by atoms with Crippen LogP contribution in [0, 0.1) is 0 Å². The summed E-state index contributed by atoms with van der Waals surface area (Å²) in [6.07, 6.45) is 2.20. The van der Waals surface area contributed by atoms with Crippen molar-refractivity contribution in [1.29, 1.82) is 0 Å². The van der Waals surface area contributed by atoms with E-state index in [-0.39, 0.29) is 46.8 Å². The fourth-order valence-corrected chi connectivity index (χ4v) is 1.17. The van der Waals surface area contributed by atoms with E-state index in [1.807, 2.05) is 0 Å². The molecule has 0 aromatic heterocycles. The fraction of sp³-hybridized carbons (Fsp3) is 0.182. The zero-order chi connectivity index (χ0) is 12.1. The van der Waals surface area contributed by atoms with Gasteiger partial charge < -0.3 is 24.5 Å². The van der Waals surface area contributed by atoms with Crippen LogP contribution in [-0.2, 0) is 4.79 Å². The van der Waals surface area contributed by atoms with Crippen LogP contribution in [0.5, 0.6) is 17.2 Å². The van der Waals surface area contributed by atoms with Gasteiger partial charge in [0.2, 0.25) is 5.75 Å². The number of aliphatic carboxylic acids is 1. The number of hydrogen-bond donors (Lipinski definition) is 1. The number of hydrogen-bond acceptors (Lipinski definition) is 5. The molecule has 0 heterocycles. The second-order valence-corrected chi connectivity index (χ2v) is 2.93. The third kappa shape index (κ3) is 4.30. The second-order valence-electron chi connectivity index (χ2n) is 2.93. The molecule has 17 heavy (non-hydrogen) atoms. The van der Waals surface area contributed by atoms with Gasteiger partial charge in [0, 0.05) is 0 Å². The number of benzene rings is 1. The maximum atomic E-state index is 10.2. The molecule has 1 aromatic rings. The molecule has 6 heteroatoms. The minimum absolute atomic E-state index is 0. The number of carbonyl (C=O) groups is 1. The molecule has 86 valence electrons. The molecule has 1 aromatic carbocycles. The summed E-state index contributed by atoms with van der Waals surface area (Å²) in [5.41, 5.74) is 0.524. The van der Waals surface area contributed by atoms with E-state index < -0.39 is 5.97 Å². The van der Waals surface area contributed by atoms with Crippen molar-refractivity contribution in [3.8, 4) is 17.2 Å². The Labute approximate surface area is 121 Å². The van der Waals surface area contributed by atoms with Gasteiger partial charge in [-0.05, 0) is 23.8 Å². The molecule has 0 aliphatic carbocycles. The molecule has 5 nitrogen and oxygen atoms in total. The number of carbonyl (C=O) groups excluding carboxylic acids is 1. The van der Waals surface area contributed by atoms with Gasteiger partial charge in [-0.3, -0.25) is 0 Å². The van der Waals surface area contributed by atoms with Gasteiger partial charge in [-0.15, -0.1) is 0 Å². The quantitative estimate of drug-likeness (QED) is 0.458. The minimum Gasteiger partial charge on any atom is -0.545 e. The predicted molar refractivity (Wildman–Crippen MR) is 55.3 cm³/mol. The molecule has 0 aliphatic rings. The van der Waals surface area contributed by atoms with E-state index >= 15 is 0 Å². The largest absolute Gasteiger partial charge is 1.00 e. The van der Waals surface area contributed by atoms with Gasteiger partial charge in [0.25, 0.3) is 0 Å². The van der Waals surface area contributed by atoms with Crippen LogP contribution in [0.4, 0.5) is 0 Å². The van der Waals surface area contributed by atoms with E-state index in [1.165, 1.54) is 32.4 Å². The molecule has 0 saturated heterocycles. The first-order chi connectivity index (χ1) is 7.58. The Bertz CT molecular complexity index is 403. The molecular weight excluding hydrogens is 235 g/mol. The van der Waals surface area contributed by atoms with Crippen molar-refractivity contribution in [2.75, 3.05) is 14.2 Å². The Balaban J connectivity index is 0.00000256. The van der Waals surface area contributed by atoms with Crippen molar-refractivity contribution >= 4 is 12.0 Å². The smallest absolute Gasteiger partial charge is 0.545 e. The van der Waals surface area contributed by atoms with E-state index in [9.17, 15) is 15.0 Å². The van der Waals surface area contributed by atoms with Gasteiger partial charge in [0.1, 0.15) is 0 Å². The monoisotopic (exact) mass is 246 g/mol.